The largest absolute Gasteiger partial charge is 2.00 e. The fraction of sp³-hybridized carbons (Fsp3) is 1.00. The van der Waals surface area contributed by atoms with Gasteiger partial charge in [0.15, 0.2) is 0 Å². The molecule has 0 amide bonds. The summed E-state index contributed by atoms with van der Waals surface area (Å²) >= 11 is 0. The maximum Gasteiger partial charge on any atom is 2.00 e. The molecule has 1 aliphatic rings. The van der Waals surface area contributed by atoms with Gasteiger partial charge < -0.3 is 137 Å². The van der Waals surface area contributed by atoms with Gasteiger partial charge in [-0.1, -0.05) is 0 Å². The molecular formula is C24H52B6Cu4F8N4O17. The first-order valence-electron chi connectivity index (χ1n) is 17.9. The van der Waals surface area contributed by atoms with Crippen molar-refractivity contribution in [3.8, 4) is 0 Å². The molecule has 21 nitrogen and oxygen atoms in total. The number of rotatable bonds is 8. The Morgan fingerprint density at radius 3 is 0.556 bits per heavy atom. The van der Waals surface area contributed by atoms with Crippen LogP contribution < -0.4 is 20.4 Å². The third-order valence-electron chi connectivity index (χ3n) is 6.97. The van der Waals surface area contributed by atoms with Crippen LogP contribution in [0.1, 0.15) is 0 Å². The third-order valence-corrected chi connectivity index (χ3v) is 6.97. The van der Waals surface area contributed by atoms with Crippen LogP contribution >= 0.6 is 0 Å². The Morgan fingerprint density at radius 1 is 0.349 bits per heavy atom. The molecule has 0 unspecified atom stereocenters. The van der Waals surface area contributed by atoms with Gasteiger partial charge in [0.05, 0.1) is 0 Å². The summed E-state index contributed by atoms with van der Waals surface area (Å²) in [6, 6.07) is 0. The van der Waals surface area contributed by atoms with E-state index in [4.69, 9.17) is 37.2 Å². The molecule has 1 rings (SSSR count). The van der Waals surface area contributed by atoms with E-state index in [1.165, 1.54) is 0 Å². The van der Waals surface area contributed by atoms with E-state index in [0.717, 1.165) is 0 Å². The predicted octanol–water partition coefficient (Wildman–Crippen LogP) is -6.84. The first-order valence-corrected chi connectivity index (χ1v) is 17.9. The topological polar surface area (TPSA) is 288 Å². The first kappa shape index (κ1) is 78.2. The maximum absolute atomic E-state index is 11.2. The molecule has 0 spiro atoms. The summed E-state index contributed by atoms with van der Waals surface area (Å²) in [5.74, 6) is 0. The smallest absolute Gasteiger partial charge is 2.00 e. The second kappa shape index (κ2) is 50.9. The minimum Gasteiger partial charge on any atom is -2.00 e. The van der Waals surface area contributed by atoms with Gasteiger partial charge >= 0.3 is 112 Å². The van der Waals surface area contributed by atoms with Crippen LogP contribution in [0.4, 0.5) is 34.5 Å². The van der Waals surface area contributed by atoms with Gasteiger partial charge in [0.1, 0.15) is 0 Å². The van der Waals surface area contributed by atoms with Crippen LogP contribution in [0.3, 0.4) is 0 Å². The Labute approximate surface area is 405 Å². The Kier molecular flexibility index (Phi) is 63.3. The Hall–Kier alpha value is 1.07. The van der Waals surface area contributed by atoms with Crippen molar-refractivity contribution in [2.75, 3.05) is 158 Å². The summed E-state index contributed by atoms with van der Waals surface area (Å²) in [6.07, 6.45) is 0. The molecule has 0 bridgehead atoms. The van der Waals surface area contributed by atoms with Gasteiger partial charge in [0.2, 0.25) is 0 Å². The van der Waals surface area contributed by atoms with Crippen LogP contribution in [0.25, 0.3) is 0 Å². The van der Waals surface area contributed by atoms with Crippen molar-refractivity contribution in [3.63, 3.8) is 0 Å². The van der Waals surface area contributed by atoms with Gasteiger partial charge in [-0.25, -0.2) is 0 Å². The molecule has 4 radical (unpaired) electrons. The minimum absolute atomic E-state index is 0. The maximum atomic E-state index is 11.2. The van der Waals surface area contributed by atoms with E-state index in [0.29, 0.717) is 0 Å². The monoisotopic (exact) mass is 1140 g/mol. The van der Waals surface area contributed by atoms with Gasteiger partial charge in [-0.05, 0) is 26.2 Å². The SMILES string of the molecule is F[B-](F)(F)F.F[B-](F)(F)F.[Cu+2].[Cu+2].[Cu+2].[Cu+2].[O-2].[O-]CCN1CCOB(O)OCCN(CC[O-])CCOB(O)OCCN(CC[O-])CCOB(O)OCCN(CC[O-])CCOB(O)OCC1. The molecule has 0 aromatic carbocycles. The average Bonchev–Trinajstić information content (AvgIpc) is 3.10. The quantitative estimate of drug-likeness (QED) is 0.130. The molecule has 0 aromatic heterocycles. The molecule has 1 aliphatic heterocycles. The van der Waals surface area contributed by atoms with Crippen molar-refractivity contribution >= 4 is 43.8 Å². The van der Waals surface area contributed by atoms with E-state index < -0.39 is 43.8 Å². The van der Waals surface area contributed by atoms with Crippen LogP contribution in [0, 0.1) is 0 Å². The Bertz CT molecular complexity index is 774. The van der Waals surface area contributed by atoms with Crippen molar-refractivity contribution < 1.29 is 186 Å². The number of nitrogens with zero attached hydrogens (tertiary/aromatic N) is 4. The first-order chi connectivity index (χ1) is 27.3. The minimum atomic E-state index is -6.00. The standard InChI is InChI=1S/C24H52B4N4O16.2BF4.4Cu.O/c33-13-1-29-5-17-41-25(37)43-19-7-30(2-14-34)9-21-45-27(39)47-23-11-32(4-16-36)12-24-48-28(40)46-22-10-31(3-15-35)8-20-44-26(38)42-18-6-29;2*2-1(3,4)5;;;;;/h37-40H,1-24H2;;;;;;;/q-4;2*-1;4*+2;-2. The van der Waals surface area contributed by atoms with Crippen molar-refractivity contribution in [1.82, 2.24) is 19.6 Å². The predicted molar refractivity (Wildman–Crippen MR) is 186 cm³/mol. The summed E-state index contributed by atoms with van der Waals surface area (Å²) in [4.78, 5) is 6.89. The second-order valence-corrected chi connectivity index (χ2v) is 11.4. The third kappa shape index (κ3) is 63.1. The van der Waals surface area contributed by atoms with Crippen molar-refractivity contribution in [2.45, 2.75) is 0 Å². The van der Waals surface area contributed by atoms with E-state index in [2.05, 4.69) is 0 Å². The molecule has 1 fully saturated rings. The number of hydrogen-bond acceptors (Lipinski definition) is 20. The van der Waals surface area contributed by atoms with E-state index in [1.54, 1.807) is 19.6 Å². The number of hydrogen-bond donors (Lipinski definition) is 4. The van der Waals surface area contributed by atoms with Crippen LogP contribution in [0.15, 0.2) is 0 Å². The molecule has 39 heteroatoms. The van der Waals surface area contributed by atoms with Gasteiger partial charge in [-0.2, -0.15) is 0 Å². The molecule has 4 N–H and O–H groups in total. The summed E-state index contributed by atoms with van der Waals surface area (Å²) < 4.78 is 120. The molecule has 0 atom stereocenters. The Balaban J connectivity index is -0.000000374. The molecule has 1 heterocycles. The van der Waals surface area contributed by atoms with E-state index in [1.807, 2.05) is 0 Å². The van der Waals surface area contributed by atoms with E-state index in [-0.39, 0.29) is 232 Å². The second-order valence-electron chi connectivity index (χ2n) is 11.4. The van der Waals surface area contributed by atoms with Gasteiger partial charge in [0, 0.05) is 105 Å². The zero-order valence-corrected chi connectivity index (χ0v) is 37.3. The molecule has 0 aliphatic carbocycles. The number of halogens is 8. The van der Waals surface area contributed by atoms with Crippen molar-refractivity contribution in [2.24, 2.45) is 0 Å². The van der Waals surface area contributed by atoms with E-state index in [9.17, 15) is 75.0 Å². The van der Waals surface area contributed by atoms with Crippen LogP contribution in [-0.2, 0) is 111 Å². The van der Waals surface area contributed by atoms with Gasteiger partial charge in [0.25, 0.3) is 0 Å². The Morgan fingerprint density at radius 2 is 0.460 bits per heavy atom. The van der Waals surface area contributed by atoms with Gasteiger partial charge in [-0.15, -0.1) is 26.4 Å². The zero-order valence-electron chi connectivity index (χ0n) is 33.5. The summed E-state index contributed by atoms with van der Waals surface area (Å²) in [7, 11) is -18.1. The van der Waals surface area contributed by atoms with Crippen molar-refractivity contribution in [1.29, 1.82) is 0 Å². The fourth-order valence-corrected chi connectivity index (χ4v) is 4.31. The molecule has 1 saturated heterocycles. The average molecular weight is 1140 g/mol. The molecular weight excluding hydrogens is 1090 g/mol. The molecule has 0 aromatic rings. The molecule has 388 valence electrons. The van der Waals surface area contributed by atoms with Crippen molar-refractivity contribution in [3.05, 3.63) is 0 Å². The molecule has 0 saturated carbocycles. The summed E-state index contributed by atoms with van der Waals surface area (Å²) in [5, 5.41) is 84.9. The fourth-order valence-electron chi connectivity index (χ4n) is 4.31. The molecule has 63 heavy (non-hydrogen) atoms. The normalized spacial score (nSPS) is 18.7. The van der Waals surface area contributed by atoms with Gasteiger partial charge in [-0.3, -0.25) is 0 Å². The van der Waals surface area contributed by atoms with Crippen LogP contribution in [0.5, 0.6) is 0 Å². The van der Waals surface area contributed by atoms with E-state index >= 15 is 0 Å². The zero-order chi connectivity index (χ0) is 44.2. The van der Waals surface area contributed by atoms with Crippen LogP contribution in [0.2, 0.25) is 0 Å². The van der Waals surface area contributed by atoms with Crippen LogP contribution in [-0.4, -0.2) is 241 Å². The summed E-state index contributed by atoms with van der Waals surface area (Å²) in [5.41, 5.74) is 0. The summed E-state index contributed by atoms with van der Waals surface area (Å²) in [6.45, 7) is 1.64.